The molecule has 0 aliphatic rings. The van der Waals surface area contributed by atoms with E-state index in [4.69, 9.17) is 32.7 Å². The average Bonchev–Trinajstić information content (AvgIpc) is 2.49. The number of halogens is 2. The zero-order chi connectivity index (χ0) is 19.2. The summed E-state index contributed by atoms with van der Waals surface area (Å²) in [5.74, 6) is -1.98. The van der Waals surface area contributed by atoms with E-state index in [-0.39, 0.29) is 17.1 Å². The number of amides is 1. The monoisotopic (exact) mass is 407 g/mol. The molecule has 0 spiro atoms. The lowest BCUT2D eigenvalue weighted by Crippen LogP contribution is -2.36. The SMILES string of the molecule is CSc1cc(C(=O)OCC(=O)NCC(=O)OC(C)(C)C)c(Cl)cc1Cl. The van der Waals surface area contributed by atoms with Gasteiger partial charge >= 0.3 is 11.9 Å². The number of thioether (sulfide) groups is 1. The minimum Gasteiger partial charge on any atom is -0.459 e. The van der Waals surface area contributed by atoms with Crippen molar-refractivity contribution in [3.8, 4) is 0 Å². The van der Waals surface area contributed by atoms with Crippen LogP contribution in [0.25, 0.3) is 0 Å². The van der Waals surface area contributed by atoms with E-state index in [0.717, 1.165) is 0 Å². The molecule has 0 radical (unpaired) electrons. The fraction of sp³-hybridized carbons (Fsp3) is 0.438. The molecule has 1 aromatic carbocycles. The molecule has 1 aromatic rings. The van der Waals surface area contributed by atoms with E-state index in [9.17, 15) is 14.4 Å². The summed E-state index contributed by atoms with van der Waals surface area (Å²) in [7, 11) is 0. The Bertz CT molecular complexity index is 673. The Balaban J connectivity index is 2.54. The first-order chi connectivity index (χ1) is 11.5. The van der Waals surface area contributed by atoms with Crippen LogP contribution >= 0.6 is 35.0 Å². The number of benzene rings is 1. The second kappa shape index (κ2) is 9.31. The van der Waals surface area contributed by atoms with Crippen LogP contribution in [0.15, 0.2) is 17.0 Å². The number of hydrogen-bond donors (Lipinski definition) is 1. The van der Waals surface area contributed by atoms with Gasteiger partial charge < -0.3 is 14.8 Å². The summed E-state index contributed by atoms with van der Waals surface area (Å²) >= 11 is 13.3. The minimum atomic E-state index is -0.760. The van der Waals surface area contributed by atoms with Crippen LogP contribution in [0.2, 0.25) is 10.0 Å². The largest absolute Gasteiger partial charge is 0.459 e. The number of ether oxygens (including phenoxy) is 2. The number of rotatable bonds is 6. The molecule has 25 heavy (non-hydrogen) atoms. The normalized spacial score (nSPS) is 11.0. The van der Waals surface area contributed by atoms with E-state index >= 15 is 0 Å². The van der Waals surface area contributed by atoms with Gasteiger partial charge in [-0.2, -0.15) is 0 Å². The molecule has 6 nitrogen and oxygen atoms in total. The molecule has 0 saturated carbocycles. The van der Waals surface area contributed by atoms with Crippen LogP contribution in [0, 0.1) is 0 Å². The Morgan fingerprint density at radius 1 is 1.16 bits per heavy atom. The second-order valence-electron chi connectivity index (χ2n) is 5.91. The van der Waals surface area contributed by atoms with Gasteiger partial charge in [-0.25, -0.2) is 4.79 Å². The highest BCUT2D eigenvalue weighted by Crippen LogP contribution is 2.31. The van der Waals surface area contributed by atoms with E-state index in [1.54, 1.807) is 27.0 Å². The quantitative estimate of drug-likeness (QED) is 0.575. The number of esters is 2. The van der Waals surface area contributed by atoms with Gasteiger partial charge in [-0.3, -0.25) is 9.59 Å². The Morgan fingerprint density at radius 3 is 2.36 bits per heavy atom. The van der Waals surface area contributed by atoms with Crippen LogP contribution in [-0.2, 0) is 19.1 Å². The molecular formula is C16H19Cl2NO5S. The van der Waals surface area contributed by atoms with E-state index in [1.165, 1.54) is 23.9 Å². The standard InChI is InChI=1S/C16H19Cl2NO5S/c1-16(2,3)24-14(21)7-19-13(20)8-23-15(22)9-5-12(25-4)11(18)6-10(9)17/h5-6H,7-8H2,1-4H3,(H,19,20). The lowest BCUT2D eigenvalue weighted by Gasteiger charge is -2.19. The highest BCUT2D eigenvalue weighted by molar-refractivity contribution is 7.98. The number of carbonyl (C=O) groups is 3. The predicted octanol–water partition coefficient (Wildman–Crippen LogP) is 3.33. The molecular weight excluding hydrogens is 389 g/mol. The molecule has 0 aliphatic carbocycles. The van der Waals surface area contributed by atoms with E-state index in [1.807, 2.05) is 0 Å². The van der Waals surface area contributed by atoms with E-state index in [2.05, 4.69) is 5.32 Å². The molecule has 138 valence electrons. The highest BCUT2D eigenvalue weighted by Gasteiger charge is 2.19. The van der Waals surface area contributed by atoms with Crippen LogP contribution in [0.5, 0.6) is 0 Å². The maximum absolute atomic E-state index is 12.0. The van der Waals surface area contributed by atoms with Gasteiger partial charge in [0.2, 0.25) is 0 Å². The van der Waals surface area contributed by atoms with Crippen molar-refractivity contribution in [1.82, 2.24) is 5.32 Å². The van der Waals surface area contributed by atoms with Gasteiger partial charge in [0.15, 0.2) is 6.61 Å². The smallest absolute Gasteiger partial charge is 0.340 e. The maximum atomic E-state index is 12.0. The number of carbonyl (C=O) groups excluding carboxylic acids is 3. The molecule has 1 N–H and O–H groups in total. The lowest BCUT2D eigenvalue weighted by atomic mass is 10.2. The molecule has 1 amide bonds. The van der Waals surface area contributed by atoms with Gasteiger partial charge in [0.25, 0.3) is 5.91 Å². The fourth-order valence-electron chi connectivity index (χ4n) is 1.65. The molecule has 1 rings (SSSR count). The first-order valence-electron chi connectivity index (χ1n) is 7.22. The molecule has 0 aromatic heterocycles. The fourth-order valence-corrected chi connectivity index (χ4v) is 2.83. The molecule has 0 unspecified atom stereocenters. The van der Waals surface area contributed by atoms with Gasteiger partial charge in [-0.05, 0) is 39.2 Å². The van der Waals surface area contributed by atoms with Crippen molar-refractivity contribution in [3.05, 3.63) is 27.7 Å². The van der Waals surface area contributed by atoms with E-state index < -0.39 is 30.1 Å². The third-order valence-corrected chi connectivity index (χ3v) is 4.16. The Labute approximate surface area is 160 Å². The first-order valence-corrected chi connectivity index (χ1v) is 9.20. The zero-order valence-electron chi connectivity index (χ0n) is 14.3. The van der Waals surface area contributed by atoms with Crippen molar-refractivity contribution < 1.29 is 23.9 Å². The lowest BCUT2D eigenvalue weighted by molar-refractivity contribution is -0.154. The van der Waals surface area contributed by atoms with Crippen molar-refractivity contribution in [3.63, 3.8) is 0 Å². The van der Waals surface area contributed by atoms with Crippen molar-refractivity contribution in [2.24, 2.45) is 0 Å². The Morgan fingerprint density at radius 2 is 1.80 bits per heavy atom. The van der Waals surface area contributed by atoms with E-state index in [0.29, 0.717) is 9.92 Å². The van der Waals surface area contributed by atoms with Gasteiger partial charge in [-0.1, -0.05) is 23.2 Å². The number of nitrogens with one attached hydrogen (secondary N) is 1. The van der Waals surface area contributed by atoms with Crippen molar-refractivity contribution >= 4 is 52.8 Å². The van der Waals surface area contributed by atoms with Crippen LogP contribution in [0.1, 0.15) is 31.1 Å². The van der Waals surface area contributed by atoms with Crippen LogP contribution in [0.3, 0.4) is 0 Å². The molecule has 0 aliphatic heterocycles. The molecule has 0 atom stereocenters. The van der Waals surface area contributed by atoms with Gasteiger partial charge in [0, 0.05) is 4.90 Å². The summed E-state index contributed by atoms with van der Waals surface area (Å²) in [6, 6.07) is 2.93. The molecule has 0 saturated heterocycles. The zero-order valence-corrected chi connectivity index (χ0v) is 16.6. The minimum absolute atomic E-state index is 0.107. The Kier molecular flexibility index (Phi) is 8.05. The molecule has 9 heteroatoms. The average molecular weight is 408 g/mol. The van der Waals surface area contributed by atoms with Crippen molar-refractivity contribution in [1.29, 1.82) is 0 Å². The van der Waals surface area contributed by atoms with Gasteiger partial charge in [0.05, 0.1) is 15.6 Å². The molecule has 0 fully saturated rings. The summed E-state index contributed by atoms with van der Waals surface area (Å²) in [6.45, 7) is 4.29. The van der Waals surface area contributed by atoms with Crippen molar-refractivity contribution in [2.75, 3.05) is 19.4 Å². The Hall–Kier alpha value is -1.44. The third-order valence-electron chi connectivity index (χ3n) is 2.65. The maximum Gasteiger partial charge on any atom is 0.340 e. The molecule has 0 bridgehead atoms. The summed E-state index contributed by atoms with van der Waals surface area (Å²) in [4.78, 5) is 35.9. The second-order valence-corrected chi connectivity index (χ2v) is 7.57. The summed E-state index contributed by atoms with van der Waals surface area (Å²) in [5, 5.41) is 2.86. The third kappa shape index (κ3) is 7.54. The highest BCUT2D eigenvalue weighted by atomic mass is 35.5. The van der Waals surface area contributed by atoms with Crippen LogP contribution in [0.4, 0.5) is 0 Å². The first kappa shape index (κ1) is 21.6. The number of hydrogen-bond acceptors (Lipinski definition) is 6. The topological polar surface area (TPSA) is 81.7 Å². The van der Waals surface area contributed by atoms with Gasteiger partial charge in [-0.15, -0.1) is 11.8 Å². The van der Waals surface area contributed by atoms with Crippen LogP contribution in [-0.4, -0.2) is 42.9 Å². The van der Waals surface area contributed by atoms with Crippen molar-refractivity contribution in [2.45, 2.75) is 31.3 Å². The summed E-state index contributed by atoms with van der Waals surface area (Å²) < 4.78 is 9.95. The predicted molar refractivity (Wildman–Crippen MR) is 97.4 cm³/mol. The van der Waals surface area contributed by atoms with Gasteiger partial charge in [0.1, 0.15) is 12.1 Å². The summed E-state index contributed by atoms with van der Waals surface area (Å²) in [5.41, 5.74) is -0.537. The summed E-state index contributed by atoms with van der Waals surface area (Å²) in [6.07, 6.45) is 1.80. The van der Waals surface area contributed by atoms with Crippen LogP contribution < -0.4 is 5.32 Å². The molecule has 0 heterocycles.